The van der Waals surface area contributed by atoms with E-state index >= 15 is 0 Å². The molecule has 0 N–H and O–H groups in total. The maximum Gasteiger partial charge on any atom is 0.223 e. The molecule has 0 saturated heterocycles. The van der Waals surface area contributed by atoms with Crippen LogP contribution >= 0.6 is 11.6 Å². The van der Waals surface area contributed by atoms with Gasteiger partial charge in [0.1, 0.15) is 0 Å². The van der Waals surface area contributed by atoms with Gasteiger partial charge >= 0.3 is 0 Å². The molecule has 1 saturated carbocycles. The lowest BCUT2D eigenvalue weighted by atomic mass is 9.93. The van der Waals surface area contributed by atoms with Crippen molar-refractivity contribution >= 4 is 17.5 Å². The van der Waals surface area contributed by atoms with Crippen LogP contribution < -0.4 is 0 Å². The Morgan fingerprint density at radius 2 is 1.75 bits per heavy atom. The second-order valence-corrected chi connectivity index (χ2v) is 9.88. The molecule has 0 aliphatic heterocycles. The van der Waals surface area contributed by atoms with Crippen molar-refractivity contribution in [1.29, 1.82) is 0 Å². The first-order valence-electron chi connectivity index (χ1n) is 12.9. The number of halogens is 1. The Balaban J connectivity index is 1.60. The summed E-state index contributed by atoms with van der Waals surface area (Å²) in [5.41, 5.74) is 2.40. The Kier molecular flexibility index (Phi) is 10.7. The average Bonchev–Trinajstić information content (AvgIpc) is 3.24. The molecular formula is C28H41ClN2O. The highest BCUT2D eigenvalue weighted by Gasteiger charge is 2.26. The molecule has 176 valence electrons. The molecule has 3 nitrogen and oxygen atoms in total. The molecule has 2 aromatic rings. The lowest BCUT2D eigenvalue weighted by Crippen LogP contribution is -2.41. The van der Waals surface area contributed by atoms with Gasteiger partial charge in [0.2, 0.25) is 5.91 Å². The summed E-state index contributed by atoms with van der Waals surface area (Å²) in [5, 5.41) is 0.768. The fraction of sp³-hybridized carbons (Fsp3) is 0.607. The summed E-state index contributed by atoms with van der Waals surface area (Å²) in [6, 6.07) is 12.7. The Morgan fingerprint density at radius 3 is 2.50 bits per heavy atom. The standard InChI is InChI=1S/C28H41ClN2O/c1-2-3-4-5-6-7-11-19-28(32)31(26-16-9-8-10-17-26)23-27-18-13-20-30(27)22-24-14-12-15-25(29)21-24/h12-15,18,20-21,26H,2-11,16-17,19,22-23H2,1H3. The van der Waals surface area contributed by atoms with Crippen LogP contribution in [0.15, 0.2) is 42.6 Å². The summed E-state index contributed by atoms with van der Waals surface area (Å²) in [7, 11) is 0. The van der Waals surface area contributed by atoms with Crippen LogP contribution in [0.2, 0.25) is 5.02 Å². The molecule has 0 radical (unpaired) electrons. The van der Waals surface area contributed by atoms with Gasteiger partial charge in [0.05, 0.1) is 6.54 Å². The predicted octanol–water partition coefficient (Wildman–Crippen LogP) is 7.99. The smallest absolute Gasteiger partial charge is 0.223 e. The molecule has 1 aliphatic carbocycles. The van der Waals surface area contributed by atoms with E-state index < -0.39 is 0 Å². The second kappa shape index (κ2) is 13.7. The first-order valence-corrected chi connectivity index (χ1v) is 13.2. The fourth-order valence-corrected chi connectivity index (χ4v) is 5.16. The first kappa shape index (κ1) is 24.9. The van der Waals surface area contributed by atoms with E-state index in [9.17, 15) is 4.79 Å². The van der Waals surface area contributed by atoms with Crippen molar-refractivity contribution in [2.45, 2.75) is 110 Å². The van der Waals surface area contributed by atoms with Gasteiger partial charge in [-0.25, -0.2) is 0 Å². The monoisotopic (exact) mass is 456 g/mol. The third-order valence-electron chi connectivity index (χ3n) is 6.83. The van der Waals surface area contributed by atoms with E-state index in [-0.39, 0.29) is 0 Å². The highest BCUT2D eigenvalue weighted by atomic mass is 35.5. The normalized spacial score (nSPS) is 14.6. The molecule has 1 fully saturated rings. The molecule has 0 bridgehead atoms. The molecule has 1 aliphatic rings. The molecule has 0 spiro atoms. The topological polar surface area (TPSA) is 25.2 Å². The SMILES string of the molecule is CCCCCCCCCC(=O)N(Cc1cccn1Cc1cccc(Cl)c1)C1CCCCC1. The van der Waals surface area contributed by atoms with Gasteiger partial charge in [-0.15, -0.1) is 0 Å². The number of unbranched alkanes of at least 4 members (excludes halogenated alkanes) is 6. The number of carbonyl (C=O) groups is 1. The third-order valence-corrected chi connectivity index (χ3v) is 7.06. The van der Waals surface area contributed by atoms with Crippen molar-refractivity contribution in [2.24, 2.45) is 0 Å². The molecule has 0 unspecified atom stereocenters. The maximum absolute atomic E-state index is 13.3. The fourth-order valence-electron chi connectivity index (χ4n) is 4.94. The zero-order chi connectivity index (χ0) is 22.6. The average molecular weight is 457 g/mol. The Hall–Kier alpha value is -1.74. The molecular weight excluding hydrogens is 416 g/mol. The molecule has 0 atom stereocenters. The largest absolute Gasteiger partial charge is 0.345 e. The van der Waals surface area contributed by atoms with Crippen molar-refractivity contribution in [3.63, 3.8) is 0 Å². The van der Waals surface area contributed by atoms with Crippen molar-refractivity contribution in [1.82, 2.24) is 9.47 Å². The van der Waals surface area contributed by atoms with Gasteiger partial charge in [0, 0.05) is 35.9 Å². The van der Waals surface area contributed by atoms with Crippen LogP contribution in [-0.2, 0) is 17.9 Å². The number of carbonyl (C=O) groups excluding carboxylic acids is 1. The number of benzene rings is 1. The zero-order valence-electron chi connectivity index (χ0n) is 19.9. The number of hydrogen-bond acceptors (Lipinski definition) is 1. The van der Waals surface area contributed by atoms with Crippen LogP contribution in [0.3, 0.4) is 0 Å². The van der Waals surface area contributed by atoms with Crippen molar-refractivity contribution < 1.29 is 4.79 Å². The molecule has 4 heteroatoms. The molecule has 1 amide bonds. The van der Waals surface area contributed by atoms with E-state index in [0.717, 1.165) is 30.8 Å². The minimum absolute atomic E-state index is 0.348. The van der Waals surface area contributed by atoms with Gasteiger partial charge in [-0.05, 0) is 49.1 Å². The van der Waals surface area contributed by atoms with E-state index in [1.165, 1.54) is 69.0 Å². The summed E-state index contributed by atoms with van der Waals surface area (Å²) < 4.78 is 2.27. The van der Waals surface area contributed by atoms with Crippen LogP contribution in [0.25, 0.3) is 0 Å². The highest BCUT2D eigenvalue weighted by molar-refractivity contribution is 6.30. The lowest BCUT2D eigenvalue weighted by molar-refractivity contribution is -0.135. The molecule has 1 heterocycles. The van der Waals surface area contributed by atoms with E-state index in [2.05, 4.69) is 40.8 Å². The number of nitrogens with zero attached hydrogens (tertiary/aromatic N) is 2. The van der Waals surface area contributed by atoms with Crippen molar-refractivity contribution in [3.8, 4) is 0 Å². The molecule has 1 aromatic carbocycles. The van der Waals surface area contributed by atoms with Gasteiger partial charge in [-0.1, -0.05) is 88.4 Å². The van der Waals surface area contributed by atoms with Gasteiger partial charge < -0.3 is 9.47 Å². The minimum atomic E-state index is 0.348. The summed E-state index contributed by atoms with van der Waals surface area (Å²) in [6.07, 6.45) is 17.7. The third kappa shape index (κ3) is 7.99. The van der Waals surface area contributed by atoms with Crippen LogP contribution in [0, 0.1) is 0 Å². The number of rotatable bonds is 13. The highest BCUT2D eigenvalue weighted by Crippen LogP contribution is 2.26. The van der Waals surface area contributed by atoms with Crippen LogP contribution in [0.4, 0.5) is 0 Å². The summed E-state index contributed by atoms with van der Waals surface area (Å²) in [5.74, 6) is 0.348. The van der Waals surface area contributed by atoms with Gasteiger partial charge in [0.15, 0.2) is 0 Å². The number of amides is 1. The van der Waals surface area contributed by atoms with Crippen LogP contribution in [-0.4, -0.2) is 21.4 Å². The van der Waals surface area contributed by atoms with E-state index in [1.54, 1.807) is 0 Å². The molecule has 32 heavy (non-hydrogen) atoms. The Morgan fingerprint density at radius 1 is 1.00 bits per heavy atom. The predicted molar refractivity (Wildman–Crippen MR) is 135 cm³/mol. The summed E-state index contributed by atoms with van der Waals surface area (Å²) >= 11 is 6.19. The summed E-state index contributed by atoms with van der Waals surface area (Å²) in [4.78, 5) is 15.5. The second-order valence-electron chi connectivity index (χ2n) is 9.44. The maximum atomic E-state index is 13.3. The van der Waals surface area contributed by atoms with Crippen molar-refractivity contribution in [2.75, 3.05) is 0 Å². The van der Waals surface area contributed by atoms with Crippen LogP contribution in [0.1, 0.15) is 102 Å². The first-order chi connectivity index (χ1) is 15.7. The Bertz CT molecular complexity index is 809. The quantitative estimate of drug-likeness (QED) is 0.280. The van der Waals surface area contributed by atoms with Crippen LogP contribution in [0.5, 0.6) is 0 Å². The van der Waals surface area contributed by atoms with Gasteiger partial charge in [-0.2, -0.15) is 0 Å². The number of hydrogen-bond donors (Lipinski definition) is 0. The van der Waals surface area contributed by atoms with E-state index in [1.807, 2.05) is 18.2 Å². The zero-order valence-corrected chi connectivity index (χ0v) is 20.7. The van der Waals surface area contributed by atoms with E-state index in [4.69, 9.17) is 11.6 Å². The lowest BCUT2D eigenvalue weighted by Gasteiger charge is -2.35. The molecule has 3 rings (SSSR count). The van der Waals surface area contributed by atoms with Gasteiger partial charge in [-0.3, -0.25) is 4.79 Å². The van der Waals surface area contributed by atoms with Crippen molar-refractivity contribution in [3.05, 3.63) is 58.9 Å². The Labute approximate surface area is 200 Å². The van der Waals surface area contributed by atoms with Gasteiger partial charge in [0.25, 0.3) is 0 Å². The minimum Gasteiger partial charge on any atom is -0.345 e. The molecule has 1 aromatic heterocycles. The summed E-state index contributed by atoms with van der Waals surface area (Å²) in [6.45, 7) is 3.75. The number of aromatic nitrogens is 1. The van der Waals surface area contributed by atoms with E-state index in [0.29, 0.717) is 24.9 Å².